The van der Waals surface area contributed by atoms with Crippen molar-refractivity contribution in [3.63, 3.8) is 0 Å². The summed E-state index contributed by atoms with van der Waals surface area (Å²) in [6, 6.07) is 9.63. The summed E-state index contributed by atoms with van der Waals surface area (Å²) < 4.78 is 5.51. The van der Waals surface area contributed by atoms with Crippen molar-refractivity contribution in [2.45, 2.75) is 25.2 Å². The number of fused-ring (bicyclic) bond motifs is 2. The Hall–Kier alpha value is -2.47. The molecule has 0 bridgehead atoms. The second kappa shape index (κ2) is 6.02. The predicted octanol–water partition coefficient (Wildman–Crippen LogP) is 2.68. The summed E-state index contributed by atoms with van der Waals surface area (Å²) in [6.45, 7) is 1.53. The summed E-state index contributed by atoms with van der Waals surface area (Å²) in [5.41, 5.74) is 1.57. The van der Waals surface area contributed by atoms with Crippen molar-refractivity contribution in [3.8, 4) is 0 Å². The number of rotatable bonds is 3. The molecule has 5 rings (SSSR count). The van der Waals surface area contributed by atoms with Crippen molar-refractivity contribution in [2.24, 2.45) is 11.3 Å². The Morgan fingerprint density at radius 3 is 2.81 bits per heavy atom. The lowest BCUT2D eigenvalue weighted by Gasteiger charge is -2.33. The Morgan fingerprint density at radius 2 is 2.07 bits per heavy atom. The second-order valence-electron chi connectivity index (χ2n) is 8.05. The van der Waals surface area contributed by atoms with Crippen LogP contribution in [-0.2, 0) is 9.53 Å². The number of aliphatic carboxylic acids is 1. The number of carbonyl (C=O) groups excluding carboxylic acids is 1. The van der Waals surface area contributed by atoms with E-state index in [-0.39, 0.29) is 18.4 Å². The van der Waals surface area contributed by atoms with Gasteiger partial charge in [-0.05, 0) is 31.4 Å². The summed E-state index contributed by atoms with van der Waals surface area (Å²) in [7, 11) is 0. The number of likely N-dealkylation sites (tertiary alicyclic amines) is 1. The molecule has 27 heavy (non-hydrogen) atoms. The number of nitrogens with zero attached hydrogens (tertiary/aromatic N) is 2. The van der Waals surface area contributed by atoms with Gasteiger partial charge in [0.2, 0.25) is 0 Å². The number of carbonyl (C=O) groups is 2. The number of hydrogen-bond acceptors (Lipinski definition) is 4. The number of ether oxygens (including phenoxy) is 1. The molecule has 2 aromatic rings. The van der Waals surface area contributed by atoms with E-state index in [1.165, 1.54) is 0 Å². The maximum absolute atomic E-state index is 13.4. The summed E-state index contributed by atoms with van der Waals surface area (Å²) in [5.74, 6) is -0.611. The van der Waals surface area contributed by atoms with Crippen LogP contribution in [-0.4, -0.2) is 53.2 Å². The lowest BCUT2D eigenvalue weighted by Crippen LogP contribution is -2.45. The zero-order chi connectivity index (χ0) is 18.6. The highest BCUT2D eigenvalue weighted by atomic mass is 16.5. The Bertz CT molecular complexity index is 939. The highest BCUT2D eigenvalue weighted by Crippen LogP contribution is 2.44. The molecule has 2 atom stereocenters. The Balaban J connectivity index is 1.54. The number of para-hydroxylation sites is 1. The van der Waals surface area contributed by atoms with Crippen LogP contribution >= 0.6 is 0 Å². The zero-order valence-corrected chi connectivity index (χ0v) is 15.1. The van der Waals surface area contributed by atoms with Gasteiger partial charge in [0, 0.05) is 42.6 Å². The van der Waals surface area contributed by atoms with E-state index in [9.17, 15) is 14.7 Å². The number of benzene rings is 1. The van der Waals surface area contributed by atoms with Crippen LogP contribution < -0.4 is 0 Å². The van der Waals surface area contributed by atoms with E-state index in [0.717, 1.165) is 29.4 Å². The normalized spacial score (nSPS) is 27.6. The fourth-order valence-corrected chi connectivity index (χ4v) is 4.59. The Labute approximate surface area is 157 Å². The largest absolute Gasteiger partial charge is 0.481 e. The topological polar surface area (TPSA) is 79.7 Å². The maximum atomic E-state index is 13.4. The van der Waals surface area contributed by atoms with Crippen LogP contribution in [0.25, 0.3) is 10.9 Å². The minimum Gasteiger partial charge on any atom is -0.481 e. The Morgan fingerprint density at radius 1 is 1.26 bits per heavy atom. The third-order valence-electron chi connectivity index (χ3n) is 6.38. The number of carboxylic acids is 1. The van der Waals surface area contributed by atoms with Gasteiger partial charge < -0.3 is 14.7 Å². The third-order valence-corrected chi connectivity index (χ3v) is 6.38. The van der Waals surface area contributed by atoms with Gasteiger partial charge in [-0.15, -0.1) is 0 Å². The fraction of sp³-hybridized carbons (Fsp3) is 0.476. The first-order valence-electron chi connectivity index (χ1n) is 9.58. The van der Waals surface area contributed by atoms with Crippen LogP contribution in [0.4, 0.5) is 0 Å². The molecule has 3 heterocycles. The monoisotopic (exact) mass is 366 g/mol. The summed E-state index contributed by atoms with van der Waals surface area (Å²) in [6.07, 6.45) is 2.69. The first-order chi connectivity index (χ1) is 13.1. The summed E-state index contributed by atoms with van der Waals surface area (Å²) >= 11 is 0. The summed E-state index contributed by atoms with van der Waals surface area (Å²) in [4.78, 5) is 31.9. The molecule has 0 spiro atoms. The second-order valence-corrected chi connectivity index (χ2v) is 8.05. The van der Waals surface area contributed by atoms with Crippen molar-refractivity contribution in [1.82, 2.24) is 9.88 Å². The molecule has 1 N–H and O–H groups in total. The van der Waals surface area contributed by atoms with Crippen molar-refractivity contribution in [2.75, 3.05) is 26.3 Å². The van der Waals surface area contributed by atoms with Crippen LogP contribution in [0.2, 0.25) is 0 Å². The molecule has 1 aromatic heterocycles. The minimum absolute atomic E-state index is 0.0921. The van der Waals surface area contributed by atoms with Gasteiger partial charge in [-0.25, -0.2) is 0 Å². The van der Waals surface area contributed by atoms with Gasteiger partial charge in [-0.3, -0.25) is 14.6 Å². The van der Waals surface area contributed by atoms with Crippen LogP contribution in [0, 0.1) is 11.3 Å². The van der Waals surface area contributed by atoms with Crippen molar-refractivity contribution in [1.29, 1.82) is 0 Å². The average molecular weight is 366 g/mol. The smallest absolute Gasteiger partial charge is 0.311 e. The molecule has 1 amide bonds. The molecule has 2 saturated heterocycles. The van der Waals surface area contributed by atoms with E-state index in [2.05, 4.69) is 0 Å². The van der Waals surface area contributed by atoms with E-state index >= 15 is 0 Å². The van der Waals surface area contributed by atoms with E-state index in [4.69, 9.17) is 9.72 Å². The quantitative estimate of drug-likeness (QED) is 0.903. The van der Waals surface area contributed by atoms with Crippen LogP contribution in [0.5, 0.6) is 0 Å². The minimum atomic E-state index is -0.879. The number of pyridine rings is 1. The first-order valence-corrected chi connectivity index (χ1v) is 9.58. The van der Waals surface area contributed by atoms with Crippen LogP contribution in [0.3, 0.4) is 0 Å². The van der Waals surface area contributed by atoms with Gasteiger partial charge in [0.25, 0.3) is 5.91 Å². The molecule has 140 valence electrons. The Kier molecular flexibility index (Phi) is 3.72. The number of hydrogen-bond donors (Lipinski definition) is 1. The summed E-state index contributed by atoms with van der Waals surface area (Å²) in [5, 5.41) is 10.7. The zero-order valence-electron chi connectivity index (χ0n) is 15.1. The predicted molar refractivity (Wildman–Crippen MR) is 98.6 cm³/mol. The molecule has 6 heteroatoms. The third kappa shape index (κ3) is 2.62. The van der Waals surface area contributed by atoms with Crippen LogP contribution in [0.1, 0.15) is 41.2 Å². The lowest BCUT2D eigenvalue weighted by molar-refractivity contribution is -0.157. The maximum Gasteiger partial charge on any atom is 0.311 e. The molecule has 6 nitrogen and oxygen atoms in total. The van der Waals surface area contributed by atoms with Crippen molar-refractivity contribution < 1.29 is 19.4 Å². The first kappa shape index (κ1) is 16.7. The molecule has 0 unspecified atom stereocenters. The highest BCUT2D eigenvalue weighted by molar-refractivity contribution is 6.06. The lowest BCUT2D eigenvalue weighted by atomic mass is 9.74. The number of amides is 1. The standard InChI is InChI=1S/C21H22N2O4/c24-19(23-10-14-11-27-8-7-21(14,12-23)20(25)26)16-9-18(13-5-6-13)22-17-4-2-1-3-15(16)17/h1-4,9,13-14H,5-8,10-12H2,(H,25,26)/t14-,21+/m0/s1. The number of carboxylic acid groups (broad SMARTS) is 1. The van der Waals surface area contributed by atoms with E-state index in [0.29, 0.717) is 37.7 Å². The van der Waals surface area contributed by atoms with E-state index < -0.39 is 11.4 Å². The van der Waals surface area contributed by atoms with Crippen molar-refractivity contribution >= 4 is 22.8 Å². The van der Waals surface area contributed by atoms with Gasteiger partial charge in [0.1, 0.15) is 0 Å². The molecule has 1 aromatic carbocycles. The number of aromatic nitrogens is 1. The molecular weight excluding hydrogens is 344 g/mol. The van der Waals surface area contributed by atoms with Gasteiger partial charge in [0.15, 0.2) is 0 Å². The van der Waals surface area contributed by atoms with Gasteiger partial charge in [-0.1, -0.05) is 18.2 Å². The highest BCUT2D eigenvalue weighted by Gasteiger charge is 2.55. The molecule has 3 aliphatic rings. The van der Waals surface area contributed by atoms with E-state index in [1.807, 2.05) is 30.3 Å². The van der Waals surface area contributed by atoms with Crippen LogP contribution in [0.15, 0.2) is 30.3 Å². The van der Waals surface area contributed by atoms with Gasteiger partial charge >= 0.3 is 5.97 Å². The molecule has 3 fully saturated rings. The molecule has 0 radical (unpaired) electrons. The van der Waals surface area contributed by atoms with E-state index in [1.54, 1.807) is 4.90 Å². The average Bonchev–Trinajstić information content (AvgIpc) is 3.45. The fourth-order valence-electron chi connectivity index (χ4n) is 4.59. The molecule has 2 aliphatic heterocycles. The van der Waals surface area contributed by atoms with Gasteiger partial charge in [0.05, 0.1) is 23.1 Å². The van der Waals surface area contributed by atoms with Crippen molar-refractivity contribution in [3.05, 3.63) is 41.6 Å². The SMILES string of the molecule is O=C(c1cc(C2CC2)nc2ccccc12)N1C[C@H]2COCC[C@@]2(C(=O)O)C1. The molecular formula is C21H22N2O4. The molecule has 1 saturated carbocycles. The molecule has 1 aliphatic carbocycles. The van der Waals surface area contributed by atoms with Gasteiger partial charge in [-0.2, -0.15) is 0 Å².